The third-order valence-electron chi connectivity index (χ3n) is 2.61. The van der Waals surface area contributed by atoms with Crippen LogP contribution in [0.3, 0.4) is 0 Å². The first-order chi connectivity index (χ1) is 8.60. The maximum absolute atomic E-state index is 9.05. The smallest absolute Gasteiger partial charge is 0.219 e. The summed E-state index contributed by atoms with van der Waals surface area (Å²) in [5, 5.41) is 9.80. The minimum absolute atomic E-state index is 0.0302. The maximum atomic E-state index is 9.05. The summed E-state index contributed by atoms with van der Waals surface area (Å²) >= 11 is 6.10. The standard InChI is InChI=1S/C14H14ClNO2/c1-9-5-12(6-10(2)14(9)15)18-13-7-11(8-17)3-4-16-13/h3-7,17H,8H2,1-2H3. The van der Waals surface area contributed by atoms with Crippen LogP contribution in [0.2, 0.25) is 5.02 Å². The largest absolute Gasteiger partial charge is 0.439 e. The van der Waals surface area contributed by atoms with Gasteiger partial charge in [0.2, 0.25) is 5.88 Å². The molecule has 0 spiro atoms. The quantitative estimate of drug-likeness (QED) is 0.919. The van der Waals surface area contributed by atoms with Crippen molar-refractivity contribution < 1.29 is 9.84 Å². The first-order valence-electron chi connectivity index (χ1n) is 5.60. The van der Waals surface area contributed by atoms with Gasteiger partial charge in [0.05, 0.1) is 6.61 Å². The molecule has 0 radical (unpaired) electrons. The lowest BCUT2D eigenvalue weighted by molar-refractivity contribution is 0.281. The molecule has 3 nitrogen and oxygen atoms in total. The SMILES string of the molecule is Cc1cc(Oc2cc(CO)ccn2)cc(C)c1Cl. The summed E-state index contributed by atoms with van der Waals surface area (Å²) in [5.74, 6) is 1.15. The van der Waals surface area contributed by atoms with Crippen molar-refractivity contribution in [2.24, 2.45) is 0 Å². The third kappa shape index (κ3) is 2.81. The fourth-order valence-electron chi connectivity index (χ4n) is 1.69. The van der Waals surface area contributed by atoms with E-state index in [1.807, 2.05) is 26.0 Å². The lowest BCUT2D eigenvalue weighted by atomic mass is 10.1. The Morgan fingerprint density at radius 3 is 2.50 bits per heavy atom. The Balaban J connectivity index is 2.28. The summed E-state index contributed by atoms with van der Waals surface area (Å²) in [6, 6.07) is 7.18. The number of aliphatic hydroxyl groups is 1. The molecule has 0 saturated heterocycles. The van der Waals surface area contributed by atoms with Crippen molar-refractivity contribution in [1.82, 2.24) is 4.98 Å². The van der Waals surface area contributed by atoms with Crippen LogP contribution in [0.25, 0.3) is 0 Å². The van der Waals surface area contributed by atoms with E-state index in [-0.39, 0.29) is 6.61 Å². The number of hydrogen-bond acceptors (Lipinski definition) is 3. The van der Waals surface area contributed by atoms with Crippen LogP contribution in [-0.4, -0.2) is 10.1 Å². The first kappa shape index (κ1) is 12.9. The van der Waals surface area contributed by atoms with Crippen molar-refractivity contribution in [3.05, 3.63) is 52.2 Å². The summed E-state index contributed by atoms with van der Waals surface area (Å²) in [6.45, 7) is 3.83. The summed E-state index contributed by atoms with van der Waals surface area (Å²) < 4.78 is 5.66. The maximum Gasteiger partial charge on any atom is 0.219 e. The molecule has 0 atom stereocenters. The van der Waals surface area contributed by atoms with Gasteiger partial charge in [-0.15, -0.1) is 0 Å². The second-order valence-corrected chi connectivity index (χ2v) is 4.51. The molecule has 0 aliphatic heterocycles. The van der Waals surface area contributed by atoms with Crippen LogP contribution in [0.4, 0.5) is 0 Å². The molecule has 2 rings (SSSR count). The predicted molar refractivity (Wildman–Crippen MR) is 71.2 cm³/mol. The van der Waals surface area contributed by atoms with Gasteiger partial charge in [0, 0.05) is 17.3 Å². The van der Waals surface area contributed by atoms with Gasteiger partial charge in [0.1, 0.15) is 5.75 Å². The number of halogens is 1. The summed E-state index contributed by atoms with van der Waals surface area (Å²) in [5.41, 5.74) is 2.69. The minimum Gasteiger partial charge on any atom is -0.439 e. The van der Waals surface area contributed by atoms with E-state index in [9.17, 15) is 0 Å². The molecule has 0 aliphatic carbocycles. The van der Waals surface area contributed by atoms with Gasteiger partial charge in [-0.05, 0) is 48.7 Å². The molecule has 1 N–H and O–H groups in total. The van der Waals surface area contributed by atoms with E-state index in [4.69, 9.17) is 21.4 Å². The van der Waals surface area contributed by atoms with Crippen LogP contribution in [-0.2, 0) is 6.61 Å². The number of benzene rings is 1. The fraction of sp³-hybridized carbons (Fsp3) is 0.214. The van der Waals surface area contributed by atoms with Gasteiger partial charge in [0.25, 0.3) is 0 Å². The number of aromatic nitrogens is 1. The minimum atomic E-state index is -0.0302. The highest BCUT2D eigenvalue weighted by atomic mass is 35.5. The van der Waals surface area contributed by atoms with Crippen LogP contribution in [0.15, 0.2) is 30.5 Å². The zero-order valence-corrected chi connectivity index (χ0v) is 11.0. The highest BCUT2D eigenvalue weighted by Crippen LogP contribution is 2.28. The molecule has 2 aromatic rings. The zero-order valence-electron chi connectivity index (χ0n) is 10.3. The first-order valence-corrected chi connectivity index (χ1v) is 5.98. The molecule has 0 bridgehead atoms. The van der Waals surface area contributed by atoms with E-state index in [1.165, 1.54) is 0 Å². The van der Waals surface area contributed by atoms with Crippen LogP contribution >= 0.6 is 11.6 Å². The zero-order chi connectivity index (χ0) is 13.1. The average molecular weight is 264 g/mol. The molecule has 1 aromatic heterocycles. The van der Waals surface area contributed by atoms with Gasteiger partial charge < -0.3 is 9.84 Å². The number of aliphatic hydroxyl groups excluding tert-OH is 1. The Kier molecular flexibility index (Phi) is 3.84. The number of ether oxygens (including phenoxy) is 1. The van der Waals surface area contributed by atoms with Crippen molar-refractivity contribution in [1.29, 1.82) is 0 Å². The Bertz CT molecular complexity index is 546. The van der Waals surface area contributed by atoms with E-state index in [0.29, 0.717) is 11.6 Å². The van der Waals surface area contributed by atoms with Gasteiger partial charge in [0.15, 0.2) is 0 Å². The monoisotopic (exact) mass is 263 g/mol. The summed E-state index contributed by atoms with van der Waals surface area (Å²) in [6.07, 6.45) is 1.61. The molecule has 0 saturated carbocycles. The topological polar surface area (TPSA) is 42.4 Å². The van der Waals surface area contributed by atoms with Crippen molar-refractivity contribution in [3.63, 3.8) is 0 Å². The molecule has 1 aromatic carbocycles. The van der Waals surface area contributed by atoms with Crippen LogP contribution in [0, 0.1) is 13.8 Å². The third-order valence-corrected chi connectivity index (χ3v) is 3.21. The van der Waals surface area contributed by atoms with Crippen LogP contribution < -0.4 is 4.74 Å². The van der Waals surface area contributed by atoms with E-state index < -0.39 is 0 Å². The highest BCUT2D eigenvalue weighted by molar-refractivity contribution is 6.32. The van der Waals surface area contributed by atoms with Crippen molar-refractivity contribution in [3.8, 4) is 11.6 Å². The molecule has 0 unspecified atom stereocenters. The summed E-state index contributed by atoms with van der Waals surface area (Å²) in [4.78, 5) is 4.10. The van der Waals surface area contributed by atoms with Crippen LogP contribution in [0.5, 0.6) is 11.6 Å². The number of rotatable bonds is 3. The Labute approximate surface area is 111 Å². The molecule has 94 valence electrons. The lowest BCUT2D eigenvalue weighted by Crippen LogP contribution is -1.92. The predicted octanol–water partition coefficient (Wildman–Crippen LogP) is 3.64. The van der Waals surface area contributed by atoms with Crippen molar-refractivity contribution in [2.75, 3.05) is 0 Å². The molecule has 0 amide bonds. The molecule has 18 heavy (non-hydrogen) atoms. The van der Waals surface area contributed by atoms with E-state index in [0.717, 1.165) is 21.7 Å². The molecular weight excluding hydrogens is 250 g/mol. The van der Waals surface area contributed by atoms with E-state index in [2.05, 4.69) is 4.98 Å². The molecule has 0 fully saturated rings. The lowest BCUT2D eigenvalue weighted by Gasteiger charge is -2.09. The van der Waals surface area contributed by atoms with Crippen molar-refractivity contribution >= 4 is 11.6 Å². The second-order valence-electron chi connectivity index (χ2n) is 4.13. The van der Waals surface area contributed by atoms with E-state index >= 15 is 0 Å². The van der Waals surface area contributed by atoms with Crippen molar-refractivity contribution in [2.45, 2.75) is 20.5 Å². The Morgan fingerprint density at radius 1 is 1.22 bits per heavy atom. The average Bonchev–Trinajstić information content (AvgIpc) is 2.36. The highest BCUT2D eigenvalue weighted by Gasteiger charge is 2.05. The van der Waals surface area contributed by atoms with E-state index in [1.54, 1.807) is 18.3 Å². The number of pyridine rings is 1. The van der Waals surface area contributed by atoms with Gasteiger partial charge in [-0.25, -0.2) is 4.98 Å². The number of aryl methyl sites for hydroxylation is 2. The fourth-order valence-corrected chi connectivity index (χ4v) is 1.80. The summed E-state index contributed by atoms with van der Waals surface area (Å²) in [7, 11) is 0. The normalized spacial score (nSPS) is 10.4. The Morgan fingerprint density at radius 2 is 1.89 bits per heavy atom. The molecule has 1 heterocycles. The number of nitrogens with zero attached hydrogens (tertiary/aromatic N) is 1. The number of hydrogen-bond donors (Lipinski definition) is 1. The van der Waals surface area contributed by atoms with Gasteiger partial charge in [-0.2, -0.15) is 0 Å². The Hall–Kier alpha value is -1.58. The van der Waals surface area contributed by atoms with Crippen LogP contribution in [0.1, 0.15) is 16.7 Å². The second kappa shape index (κ2) is 5.38. The molecule has 0 aliphatic rings. The van der Waals surface area contributed by atoms with Gasteiger partial charge >= 0.3 is 0 Å². The molecule has 4 heteroatoms. The van der Waals surface area contributed by atoms with Gasteiger partial charge in [-0.1, -0.05) is 11.6 Å². The van der Waals surface area contributed by atoms with Gasteiger partial charge in [-0.3, -0.25) is 0 Å². The molecular formula is C14H14ClNO2.